The molecule has 0 aromatic rings. The molecule has 3 saturated carbocycles. The van der Waals surface area contributed by atoms with Gasteiger partial charge in [-0.15, -0.1) is 0 Å². The Morgan fingerprint density at radius 3 is 2.33 bits per heavy atom. The summed E-state index contributed by atoms with van der Waals surface area (Å²) in [6, 6.07) is 0. The number of ether oxygens (including phenoxy) is 3. The predicted molar refractivity (Wildman–Crippen MR) is 230 cm³/mol. The minimum atomic E-state index is -1.45. The maximum atomic E-state index is 12.6. The summed E-state index contributed by atoms with van der Waals surface area (Å²) < 4.78 is 18.0. The van der Waals surface area contributed by atoms with Crippen LogP contribution >= 0.6 is 0 Å². The number of carbonyl (C=O) groups is 1. The van der Waals surface area contributed by atoms with Gasteiger partial charge in [-0.3, -0.25) is 4.79 Å². The Kier molecular flexibility index (Phi) is 17.6. The van der Waals surface area contributed by atoms with Crippen molar-refractivity contribution in [1.82, 2.24) is 0 Å². The number of carbonyl (C=O) groups excluding carboxylic acids is 1. The molecule has 4 fully saturated rings. The Balaban J connectivity index is 1.06. The summed E-state index contributed by atoms with van der Waals surface area (Å²) in [5, 5.41) is 32.4. The van der Waals surface area contributed by atoms with Crippen molar-refractivity contribution < 1.29 is 34.3 Å². The van der Waals surface area contributed by atoms with E-state index in [1.807, 2.05) is 0 Å². The van der Waals surface area contributed by atoms with E-state index in [1.165, 1.54) is 44.1 Å². The van der Waals surface area contributed by atoms with Crippen LogP contribution in [0.5, 0.6) is 0 Å². The fourth-order valence-corrected chi connectivity index (χ4v) is 11.9. The normalized spacial score (nSPS) is 38.0. The van der Waals surface area contributed by atoms with Crippen LogP contribution in [-0.4, -0.2) is 64.7 Å². The molecule has 7 nitrogen and oxygen atoms in total. The van der Waals surface area contributed by atoms with Gasteiger partial charge in [-0.25, -0.2) is 0 Å². The van der Waals surface area contributed by atoms with Gasteiger partial charge in [0.05, 0.1) is 6.10 Å². The number of rotatable bonds is 20. The minimum Gasteiger partial charge on any atom is -0.463 e. The molecule has 57 heavy (non-hydrogen) atoms. The van der Waals surface area contributed by atoms with Crippen molar-refractivity contribution in [3.05, 3.63) is 48.1 Å². The molecular formula is C50H82O7. The van der Waals surface area contributed by atoms with Gasteiger partial charge >= 0.3 is 5.97 Å². The topological polar surface area (TPSA) is 105 Å². The van der Waals surface area contributed by atoms with E-state index in [9.17, 15) is 20.1 Å². The quantitative estimate of drug-likeness (QED) is 0.0640. The van der Waals surface area contributed by atoms with Crippen molar-refractivity contribution >= 4 is 5.97 Å². The number of aliphatic hydroxyl groups is 3. The monoisotopic (exact) mass is 795 g/mol. The Hall–Kier alpha value is -1.77. The van der Waals surface area contributed by atoms with Crippen LogP contribution in [-0.2, 0) is 19.0 Å². The third kappa shape index (κ3) is 11.5. The Labute approximate surface area is 347 Å². The number of aliphatic hydroxyl groups excluding tert-OH is 3. The highest BCUT2D eigenvalue weighted by molar-refractivity contribution is 5.69. The lowest BCUT2D eigenvalue weighted by atomic mass is 9.47. The summed E-state index contributed by atoms with van der Waals surface area (Å²) >= 11 is 0. The van der Waals surface area contributed by atoms with E-state index in [1.54, 1.807) is 0 Å². The highest BCUT2D eigenvalue weighted by Crippen LogP contribution is 2.67. The Morgan fingerprint density at radius 1 is 0.860 bits per heavy atom. The summed E-state index contributed by atoms with van der Waals surface area (Å²) in [6.45, 7) is 16.8. The minimum absolute atomic E-state index is 0.149. The van der Waals surface area contributed by atoms with E-state index in [4.69, 9.17) is 14.2 Å². The number of fused-ring (bicyclic) bond motifs is 5. The second-order valence-corrected chi connectivity index (χ2v) is 19.9. The average Bonchev–Trinajstić information content (AvgIpc) is 3.55. The number of hydrogen-bond acceptors (Lipinski definition) is 7. The molecular weight excluding hydrogens is 713 g/mol. The summed E-state index contributed by atoms with van der Waals surface area (Å²) in [6.07, 6.45) is 28.2. The Bertz CT molecular complexity index is 1370. The molecule has 1 aliphatic heterocycles. The van der Waals surface area contributed by atoms with Crippen molar-refractivity contribution in [2.75, 3.05) is 6.61 Å². The molecule has 1 heterocycles. The van der Waals surface area contributed by atoms with Gasteiger partial charge in [-0.1, -0.05) is 116 Å². The van der Waals surface area contributed by atoms with Gasteiger partial charge < -0.3 is 29.5 Å². The zero-order chi connectivity index (χ0) is 41.2. The van der Waals surface area contributed by atoms with Gasteiger partial charge in [0.1, 0.15) is 31.0 Å². The molecule has 3 N–H and O–H groups in total. The van der Waals surface area contributed by atoms with Crippen LogP contribution < -0.4 is 0 Å². The van der Waals surface area contributed by atoms with Crippen molar-refractivity contribution in [2.45, 2.75) is 201 Å². The number of hydrogen-bond donors (Lipinski definition) is 3. The molecule has 4 aliphatic carbocycles. The zero-order valence-corrected chi connectivity index (χ0v) is 37.0. The zero-order valence-electron chi connectivity index (χ0n) is 37.0. The molecule has 14 atom stereocenters. The SMILES string of the molecule is CC/C=C\C/C=C\C/C=C\CCCCCC(=O)OCC1O[C@@H](O[C@H]2CC[C@@]3(C)C(=CC[C@H]4[C@@H]5CC[C@H]([C@H](C)CC[C@@H](C)C(C)C)[C@@]5(C)CC[C@@H]43)C2)C(O)C(O)[C@@H]1O. The van der Waals surface area contributed by atoms with E-state index in [0.717, 1.165) is 106 Å². The van der Waals surface area contributed by atoms with Crippen molar-refractivity contribution in [1.29, 1.82) is 0 Å². The largest absolute Gasteiger partial charge is 0.463 e. The highest BCUT2D eigenvalue weighted by atomic mass is 16.7. The molecule has 1 saturated heterocycles. The number of allylic oxidation sites excluding steroid dienone is 7. The maximum Gasteiger partial charge on any atom is 0.305 e. The average molecular weight is 795 g/mol. The van der Waals surface area contributed by atoms with Gasteiger partial charge in [0.15, 0.2) is 6.29 Å². The van der Waals surface area contributed by atoms with Crippen molar-refractivity contribution in [2.24, 2.45) is 52.3 Å². The van der Waals surface area contributed by atoms with Gasteiger partial charge in [0, 0.05) is 6.42 Å². The lowest BCUT2D eigenvalue weighted by Gasteiger charge is -2.58. The summed E-state index contributed by atoms with van der Waals surface area (Å²) in [5.41, 5.74) is 2.11. The molecule has 324 valence electrons. The van der Waals surface area contributed by atoms with E-state index in [2.05, 4.69) is 91.0 Å². The molecule has 0 amide bonds. The molecule has 0 aromatic heterocycles. The lowest BCUT2D eigenvalue weighted by Crippen LogP contribution is -2.60. The van der Waals surface area contributed by atoms with Crippen molar-refractivity contribution in [3.63, 3.8) is 0 Å². The summed E-state index contributed by atoms with van der Waals surface area (Å²) in [7, 11) is 0. The van der Waals surface area contributed by atoms with Crippen LogP contribution in [0.1, 0.15) is 164 Å². The first kappa shape index (κ1) is 46.3. The molecule has 0 bridgehead atoms. The van der Waals surface area contributed by atoms with Gasteiger partial charge in [-0.05, 0) is 142 Å². The molecule has 5 rings (SSSR count). The first-order valence-electron chi connectivity index (χ1n) is 23.4. The molecule has 7 heteroatoms. The van der Waals surface area contributed by atoms with Crippen LogP contribution in [0.15, 0.2) is 48.1 Å². The van der Waals surface area contributed by atoms with E-state index >= 15 is 0 Å². The number of unbranched alkanes of at least 4 members (excludes halogenated alkanes) is 3. The standard InChI is InChI=1S/C50H82O7/c1-8-9-10-11-12-13-14-15-16-17-18-19-20-21-44(51)55-33-43-45(52)46(53)47(54)48(57-43)56-38-28-30-49(6)37(32-38)24-25-39-41-27-26-40(50(41,7)31-29-42(39)49)36(5)23-22-35(4)34(2)3/h9-10,12-13,15-16,24,34-36,38-43,45-48,52-54H,8,11,14,17-23,25-33H2,1-7H3/b10-9-,13-12-,16-15-/t35-,36-,38+,39+,40-,41+,42+,43?,45-,46?,47?,48-,49+,50-/m1/s1. The summed E-state index contributed by atoms with van der Waals surface area (Å²) in [4.78, 5) is 12.6. The molecule has 0 radical (unpaired) electrons. The second kappa shape index (κ2) is 21.7. The van der Waals surface area contributed by atoms with Gasteiger partial charge in [0.25, 0.3) is 0 Å². The molecule has 3 unspecified atom stereocenters. The maximum absolute atomic E-state index is 12.6. The fraction of sp³-hybridized carbons (Fsp3) is 0.820. The first-order chi connectivity index (χ1) is 27.3. The number of esters is 1. The van der Waals surface area contributed by atoms with Gasteiger partial charge in [0.2, 0.25) is 0 Å². The van der Waals surface area contributed by atoms with Crippen LogP contribution in [0.4, 0.5) is 0 Å². The highest BCUT2D eigenvalue weighted by Gasteiger charge is 2.59. The third-order valence-corrected chi connectivity index (χ3v) is 16.0. The first-order valence-corrected chi connectivity index (χ1v) is 23.4. The van der Waals surface area contributed by atoms with Crippen LogP contribution in [0.2, 0.25) is 0 Å². The smallest absolute Gasteiger partial charge is 0.305 e. The second-order valence-electron chi connectivity index (χ2n) is 19.9. The van der Waals surface area contributed by atoms with E-state index in [-0.39, 0.29) is 24.1 Å². The molecule has 0 aromatic carbocycles. The van der Waals surface area contributed by atoms with Crippen LogP contribution in [0.3, 0.4) is 0 Å². The van der Waals surface area contributed by atoms with Gasteiger partial charge in [-0.2, -0.15) is 0 Å². The van der Waals surface area contributed by atoms with E-state index in [0.29, 0.717) is 17.8 Å². The Morgan fingerprint density at radius 2 is 1.60 bits per heavy atom. The van der Waals surface area contributed by atoms with E-state index < -0.39 is 30.7 Å². The van der Waals surface area contributed by atoms with Crippen LogP contribution in [0, 0.1) is 52.3 Å². The molecule has 5 aliphatic rings. The summed E-state index contributed by atoms with van der Waals surface area (Å²) in [5.74, 6) is 5.10. The lowest BCUT2D eigenvalue weighted by molar-refractivity contribution is -0.313. The predicted octanol–water partition coefficient (Wildman–Crippen LogP) is 10.8. The fourth-order valence-electron chi connectivity index (χ4n) is 11.9. The third-order valence-electron chi connectivity index (χ3n) is 16.0. The molecule has 0 spiro atoms. The van der Waals surface area contributed by atoms with Crippen molar-refractivity contribution in [3.8, 4) is 0 Å². The van der Waals surface area contributed by atoms with Crippen LogP contribution in [0.25, 0.3) is 0 Å².